The van der Waals surface area contributed by atoms with Gasteiger partial charge in [0, 0.05) is 25.1 Å². The molecule has 3 unspecified atom stereocenters. The topological polar surface area (TPSA) is 50.4 Å². The molecule has 2 rings (SSSR count). The van der Waals surface area contributed by atoms with Crippen LogP contribution in [0.15, 0.2) is 0 Å². The predicted molar refractivity (Wildman–Crippen MR) is 69.4 cm³/mol. The normalized spacial score (nSPS) is 34.6. The molecule has 17 heavy (non-hydrogen) atoms. The molecule has 0 bridgehead atoms. The Bertz CT molecular complexity index is 278. The van der Waals surface area contributed by atoms with E-state index in [0.29, 0.717) is 0 Å². The van der Waals surface area contributed by atoms with Crippen molar-refractivity contribution in [3.05, 3.63) is 0 Å². The molecule has 1 saturated carbocycles. The highest BCUT2D eigenvalue weighted by Crippen LogP contribution is 2.42. The second kappa shape index (κ2) is 5.55. The van der Waals surface area contributed by atoms with Crippen molar-refractivity contribution in [3.8, 4) is 0 Å². The molecule has 5 heteroatoms. The number of carbonyl (C=O) groups is 1. The van der Waals surface area contributed by atoms with Crippen LogP contribution in [0.25, 0.3) is 0 Å². The van der Waals surface area contributed by atoms with Gasteiger partial charge < -0.3 is 15.4 Å². The summed E-state index contributed by atoms with van der Waals surface area (Å²) in [5.74, 6) is 0.370. The lowest BCUT2D eigenvalue weighted by Crippen LogP contribution is -2.62. The number of halogens is 1. The van der Waals surface area contributed by atoms with Gasteiger partial charge in [0.05, 0.1) is 12.0 Å². The summed E-state index contributed by atoms with van der Waals surface area (Å²) in [6.45, 7) is 6.10. The number of hydrogen-bond donors (Lipinski definition) is 2. The third-order valence-electron chi connectivity index (χ3n) is 4.21. The van der Waals surface area contributed by atoms with Gasteiger partial charge in [-0.2, -0.15) is 0 Å². The molecule has 2 N–H and O–H groups in total. The van der Waals surface area contributed by atoms with E-state index in [4.69, 9.17) is 4.74 Å². The van der Waals surface area contributed by atoms with E-state index < -0.39 is 0 Å². The largest absolute Gasteiger partial charge is 0.381 e. The minimum atomic E-state index is 0. The van der Waals surface area contributed by atoms with Crippen molar-refractivity contribution < 1.29 is 9.53 Å². The zero-order valence-electron chi connectivity index (χ0n) is 10.8. The first-order valence-corrected chi connectivity index (χ1v) is 6.09. The quantitative estimate of drug-likeness (QED) is 0.796. The van der Waals surface area contributed by atoms with Crippen LogP contribution >= 0.6 is 12.4 Å². The smallest absolute Gasteiger partial charge is 0.224 e. The van der Waals surface area contributed by atoms with E-state index in [0.717, 1.165) is 25.9 Å². The van der Waals surface area contributed by atoms with Crippen LogP contribution in [0.1, 0.15) is 26.7 Å². The fourth-order valence-electron chi connectivity index (χ4n) is 2.70. The Labute approximate surface area is 109 Å². The Morgan fingerprint density at radius 3 is 2.65 bits per heavy atom. The first-order chi connectivity index (χ1) is 7.55. The summed E-state index contributed by atoms with van der Waals surface area (Å²) in [5.41, 5.74) is 0.0659. The van der Waals surface area contributed by atoms with Crippen molar-refractivity contribution in [3.63, 3.8) is 0 Å². The van der Waals surface area contributed by atoms with Crippen molar-refractivity contribution in [1.29, 1.82) is 0 Å². The van der Waals surface area contributed by atoms with Crippen LogP contribution in [-0.2, 0) is 9.53 Å². The third kappa shape index (κ3) is 2.75. The molecule has 1 amide bonds. The molecule has 1 heterocycles. The van der Waals surface area contributed by atoms with Gasteiger partial charge in [0.1, 0.15) is 0 Å². The van der Waals surface area contributed by atoms with Gasteiger partial charge in [0.25, 0.3) is 0 Å². The Morgan fingerprint density at radius 1 is 1.47 bits per heavy atom. The molecule has 100 valence electrons. The van der Waals surface area contributed by atoms with Crippen LogP contribution in [0, 0.1) is 11.3 Å². The number of rotatable bonds is 3. The Hall–Kier alpha value is -0.320. The highest BCUT2D eigenvalue weighted by molar-refractivity contribution is 5.85. The van der Waals surface area contributed by atoms with E-state index >= 15 is 0 Å². The fraction of sp³-hybridized carbons (Fsp3) is 0.917. The zero-order valence-corrected chi connectivity index (χ0v) is 11.6. The summed E-state index contributed by atoms with van der Waals surface area (Å²) in [4.78, 5) is 11.9. The molecule has 0 spiro atoms. The highest BCUT2D eigenvalue weighted by Gasteiger charge is 2.49. The van der Waals surface area contributed by atoms with Crippen molar-refractivity contribution in [2.75, 3.05) is 20.2 Å². The van der Waals surface area contributed by atoms with E-state index in [2.05, 4.69) is 24.5 Å². The molecule has 3 atom stereocenters. The highest BCUT2D eigenvalue weighted by atomic mass is 35.5. The minimum absolute atomic E-state index is 0. The first-order valence-electron chi connectivity index (χ1n) is 6.09. The van der Waals surface area contributed by atoms with Crippen molar-refractivity contribution in [2.45, 2.75) is 38.8 Å². The Balaban J connectivity index is 0.00000144. The average molecular weight is 263 g/mol. The lowest BCUT2D eigenvalue weighted by Gasteiger charge is -2.51. The molecule has 0 aromatic carbocycles. The molecule has 2 aliphatic rings. The van der Waals surface area contributed by atoms with Crippen LogP contribution in [-0.4, -0.2) is 38.3 Å². The third-order valence-corrected chi connectivity index (χ3v) is 4.21. The van der Waals surface area contributed by atoms with Crippen molar-refractivity contribution >= 4 is 18.3 Å². The van der Waals surface area contributed by atoms with E-state index in [1.54, 1.807) is 7.11 Å². The van der Waals surface area contributed by atoms with Crippen LogP contribution < -0.4 is 10.6 Å². The van der Waals surface area contributed by atoms with Gasteiger partial charge >= 0.3 is 0 Å². The Morgan fingerprint density at radius 2 is 2.18 bits per heavy atom. The SMILES string of the molecule is COC1CC(NC(=O)C2CCNC2)C1(C)C.Cl. The van der Waals surface area contributed by atoms with E-state index in [1.165, 1.54) is 0 Å². The molecule has 2 fully saturated rings. The monoisotopic (exact) mass is 262 g/mol. The molecule has 0 aromatic rings. The molecule has 4 nitrogen and oxygen atoms in total. The first kappa shape index (κ1) is 14.7. The lowest BCUT2D eigenvalue weighted by atomic mass is 9.64. The van der Waals surface area contributed by atoms with Crippen LogP contribution in [0.5, 0.6) is 0 Å². The predicted octanol–water partition coefficient (Wildman–Crippen LogP) is 0.947. The van der Waals surface area contributed by atoms with Gasteiger partial charge in [-0.25, -0.2) is 0 Å². The summed E-state index contributed by atoms with van der Waals surface area (Å²) in [5, 5.41) is 6.37. The van der Waals surface area contributed by atoms with Crippen molar-refractivity contribution in [2.24, 2.45) is 11.3 Å². The molecule has 1 aliphatic heterocycles. The number of methoxy groups -OCH3 is 1. The zero-order chi connectivity index (χ0) is 11.8. The maximum absolute atomic E-state index is 11.9. The maximum Gasteiger partial charge on any atom is 0.224 e. The average Bonchev–Trinajstić information content (AvgIpc) is 2.76. The lowest BCUT2D eigenvalue weighted by molar-refractivity contribution is -0.135. The molecule has 1 aliphatic carbocycles. The summed E-state index contributed by atoms with van der Waals surface area (Å²) in [7, 11) is 1.74. The molecule has 0 aromatic heterocycles. The second-order valence-corrected chi connectivity index (χ2v) is 5.53. The number of carbonyl (C=O) groups excluding carboxylic acids is 1. The summed E-state index contributed by atoms with van der Waals surface area (Å²) < 4.78 is 5.38. The van der Waals surface area contributed by atoms with Gasteiger partial charge in [0.15, 0.2) is 0 Å². The second-order valence-electron chi connectivity index (χ2n) is 5.53. The van der Waals surface area contributed by atoms with Crippen LogP contribution in [0.4, 0.5) is 0 Å². The van der Waals surface area contributed by atoms with Gasteiger partial charge in [-0.15, -0.1) is 12.4 Å². The Kier molecular flexibility index (Phi) is 4.81. The van der Waals surface area contributed by atoms with Gasteiger partial charge in [-0.1, -0.05) is 13.8 Å². The summed E-state index contributed by atoms with van der Waals surface area (Å²) in [6.07, 6.45) is 2.18. The minimum Gasteiger partial charge on any atom is -0.381 e. The van der Waals surface area contributed by atoms with Gasteiger partial charge in [-0.3, -0.25) is 4.79 Å². The summed E-state index contributed by atoms with van der Waals surface area (Å²) in [6, 6.07) is 0.269. The summed E-state index contributed by atoms with van der Waals surface area (Å²) >= 11 is 0. The van der Waals surface area contributed by atoms with E-state index in [9.17, 15) is 4.79 Å². The number of hydrogen-bond acceptors (Lipinski definition) is 3. The molecular formula is C12H23ClN2O2. The standard InChI is InChI=1S/C12H22N2O2.ClH/c1-12(2)9(6-10(12)16-3)14-11(15)8-4-5-13-7-8;/h8-10,13H,4-7H2,1-3H3,(H,14,15);1H. The van der Waals surface area contributed by atoms with Crippen LogP contribution in [0.2, 0.25) is 0 Å². The maximum atomic E-state index is 11.9. The number of ether oxygens (including phenoxy) is 1. The van der Waals surface area contributed by atoms with E-state index in [-0.39, 0.29) is 41.8 Å². The molecule has 1 saturated heterocycles. The molecule has 0 radical (unpaired) electrons. The number of amides is 1. The molecular weight excluding hydrogens is 240 g/mol. The number of nitrogens with one attached hydrogen (secondary N) is 2. The van der Waals surface area contributed by atoms with Crippen LogP contribution in [0.3, 0.4) is 0 Å². The fourth-order valence-corrected chi connectivity index (χ4v) is 2.70. The van der Waals surface area contributed by atoms with Gasteiger partial charge in [0.2, 0.25) is 5.91 Å². The van der Waals surface area contributed by atoms with Gasteiger partial charge in [-0.05, 0) is 19.4 Å². The van der Waals surface area contributed by atoms with E-state index in [1.807, 2.05) is 0 Å². The van der Waals surface area contributed by atoms with Crippen molar-refractivity contribution in [1.82, 2.24) is 10.6 Å².